The van der Waals surface area contributed by atoms with Crippen LogP contribution in [0.2, 0.25) is 0 Å². The largest absolute Gasteiger partial charge is 0.497 e. The summed E-state index contributed by atoms with van der Waals surface area (Å²) < 4.78 is 31.5. The number of ether oxygens (including phenoxy) is 1. The molecule has 1 aromatic heterocycles. The van der Waals surface area contributed by atoms with Gasteiger partial charge in [0.05, 0.1) is 12.9 Å². The second-order valence-corrected chi connectivity index (χ2v) is 7.08. The summed E-state index contributed by atoms with van der Waals surface area (Å²) in [5, 5.41) is 3.87. The SMILES string of the molecule is COc1ccc(CCS(=O)(=O)NCc2ccsc2)cc1. The Hall–Kier alpha value is -1.37. The molecule has 20 heavy (non-hydrogen) atoms. The molecule has 0 unspecified atom stereocenters. The van der Waals surface area contributed by atoms with Crippen LogP contribution in [-0.4, -0.2) is 21.3 Å². The van der Waals surface area contributed by atoms with Gasteiger partial charge in [0, 0.05) is 6.54 Å². The minimum Gasteiger partial charge on any atom is -0.497 e. The molecule has 0 fully saturated rings. The highest BCUT2D eigenvalue weighted by atomic mass is 32.2. The third-order valence-electron chi connectivity index (χ3n) is 2.89. The number of nitrogens with one attached hydrogen (secondary N) is 1. The zero-order valence-corrected chi connectivity index (χ0v) is 12.8. The van der Waals surface area contributed by atoms with Crippen molar-refractivity contribution in [1.29, 1.82) is 0 Å². The molecule has 0 amide bonds. The van der Waals surface area contributed by atoms with Gasteiger partial charge in [0.2, 0.25) is 10.0 Å². The molecule has 108 valence electrons. The van der Waals surface area contributed by atoms with Crippen LogP contribution >= 0.6 is 11.3 Å². The molecule has 1 N–H and O–H groups in total. The van der Waals surface area contributed by atoms with Crippen molar-refractivity contribution < 1.29 is 13.2 Å². The van der Waals surface area contributed by atoms with Gasteiger partial charge in [-0.1, -0.05) is 12.1 Å². The van der Waals surface area contributed by atoms with E-state index in [2.05, 4.69) is 4.72 Å². The van der Waals surface area contributed by atoms with E-state index >= 15 is 0 Å². The van der Waals surface area contributed by atoms with Crippen LogP contribution in [0.25, 0.3) is 0 Å². The van der Waals surface area contributed by atoms with Crippen molar-refractivity contribution in [2.24, 2.45) is 0 Å². The number of sulfonamides is 1. The molecule has 2 aromatic rings. The minimum atomic E-state index is -3.25. The second-order valence-electron chi connectivity index (χ2n) is 4.37. The Balaban J connectivity index is 1.84. The molecule has 0 radical (unpaired) electrons. The molecule has 0 saturated heterocycles. The minimum absolute atomic E-state index is 0.0868. The van der Waals surface area contributed by atoms with Gasteiger partial charge in [0.1, 0.15) is 5.75 Å². The van der Waals surface area contributed by atoms with Crippen molar-refractivity contribution in [3.63, 3.8) is 0 Å². The third kappa shape index (κ3) is 4.63. The zero-order chi connectivity index (χ0) is 14.4. The lowest BCUT2D eigenvalue weighted by atomic mass is 10.2. The number of hydrogen-bond donors (Lipinski definition) is 1. The number of rotatable bonds is 7. The van der Waals surface area contributed by atoms with Crippen LogP contribution in [0, 0.1) is 0 Å². The monoisotopic (exact) mass is 311 g/mol. The normalized spacial score (nSPS) is 11.4. The van der Waals surface area contributed by atoms with Crippen molar-refractivity contribution in [2.45, 2.75) is 13.0 Å². The third-order valence-corrected chi connectivity index (χ3v) is 4.95. The number of benzene rings is 1. The molecular formula is C14H17NO3S2. The molecule has 0 aliphatic carbocycles. The van der Waals surface area contributed by atoms with Crippen LogP contribution in [0.15, 0.2) is 41.1 Å². The fourth-order valence-corrected chi connectivity index (χ4v) is 3.41. The Bertz CT molecular complexity index is 619. The highest BCUT2D eigenvalue weighted by molar-refractivity contribution is 7.89. The number of aryl methyl sites for hydroxylation is 1. The number of methoxy groups -OCH3 is 1. The Morgan fingerprint density at radius 1 is 1.15 bits per heavy atom. The van der Waals surface area contributed by atoms with E-state index in [0.29, 0.717) is 13.0 Å². The average molecular weight is 311 g/mol. The molecule has 2 rings (SSSR count). The van der Waals surface area contributed by atoms with E-state index in [1.54, 1.807) is 18.4 Å². The van der Waals surface area contributed by atoms with Gasteiger partial charge < -0.3 is 4.74 Å². The lowest BCUT2D eigenvalue weighted by molar-refractivity contribution is 0.414. The van der Waals surface area contributed by atoms with Gasteiger partial charge in [-0.05, 0) is 46.5 Å². The van der Waals surface area contributed by atoms with Gasteiger partial charge in [-0.2, -0.15) is 11.3 Å². The average Bonchev–Trinajstić information content (AvgIpc) is 2.97. The summed E-state index contributed by atoms with van der Waals surface area (Å²) in [6.45, 7) is 0.356. The van der Waals surface area contributed by atoms with Crippen LogP contribution < -0.4 is 9.46 Å². The van der Waals surface area contributed by atoms with E-state index in [-0.39, 0.29) is 5.75 Å². The summed E-state index contributed by atoms with van der Waals surface area (Å²) in [4.78, 5) is 0. The highest BCUT2D eigenvalue weighted by Crippen LogP contribution is 2.12. The first-order chi connectivity index (χ1) is 9.59. The molecule has 0 atom stereocenters. The summed E-state index contributed by atoms with van der Waals surface area (Å²) in [5.74, 6) is 0.857. The van der Waals surface area contributed by atoms with E-state index < -0.39 is 10.0 Å². The van der Waals surface area contributed by atoms with Crippen LogP contribution in [0.4, 0.5) is 0 Å². The maximum absolute atomic E-state index is 11.9. The van der Waals surface area contributed by atoms with Crippen molar-refractivity contribution in [3.05, 3.63) is 52.2 Å². The Kier molecular flexibility index (Phi) is 5.17. The molecule has 0 bridgehead atoms. The second kappa shape index (κ2) is 6.88. The van der Waals surface area contributed by atoms with E-state index in [1.165, 1.54) is 0 Å². The Morgan fingerprint density at radius 2 is 1.90 bits per heavy atom. The fraction of sp³-hybridized carbons (Fsp3) is 0.286. The number of thiophene rings is 1. The maximum atomic E-state index is 11.9. The molecule has 0 saturated carbocycles. The first-order valence-electron chi connectivity index (χ1n) is 6.20. The van der Waals surface area contributed by atoms with Gasteiger partial charge in [0.25, 0.3) is 0 Å². The topological polar surface area (TPSA) is 55.4 Å². The quantitative estimate of drug-likeness (QED) is 0.854. The van der Waals surface area contributed by atoms with Crippen LogP contribution in [0.1, 0.15) is 11.1 Å². The first kappa shape index (κ1) is 15.0. The molecule has 0 spiro atoms. The number of hydrogen-bond acceptors (Lipinski definition) is 4. The van der Waals surface area contributed by atoms with Crippen LogP contribution in [0.3, 0.4) is 0 Å². The van der Waals surface area contributed by atoms with Crippen molar-refractivity contribution >= 4 is 21.4 Å². The van der Waals surface area contributed by atoms with Crippen molar-refractivity contribution in [2.75, 3.05) is 12.9 Å². The lowest BCUT2D eigenvalue weighted by Gasteiger charge is -2.06. The summed E-state index contributed by atoms with van der Waals surface area (Å²) in [6.07, 6.45) is 0.489. The van der Waals surface area contributed by atoms with E-state index in [9.17, 15) is 8.42 Å². The predicted molar refractivity (Wildman–Crippen MR) is 81.6 cm³/mol. The summed E-state index contributed by atoms with van der Waals surface area (Å²) in [7, 11) is -1.64. The predicted octanol–water partition coefficient (Wildman–Crippen LogP) is 2.42. The molecule has 0 aliphatic rings. The molecule has 4 nitrogen and oxygen atoms in total. The molecular weight excluding hydrogens is 294 g/mol. The smallest absolute Gasteiger partial charge is 0.212 e. The van der Waals surface area contributed by atoms with Gasteiger partial charge in [-0.3, -0.25) is 0 Å². The van der Waals surface area contributed by atoms with E-state index in [4.69, 9.17) is 4.74 Å². The molecule has 6 heteroatoms. The Morgan fingerprint density at radius 3 is 2.50 bits per heavy atom. The van der Waals surface area contributed by atoms with E-state index in [0.717, 1.165) is 16.9 Å². The van der Waals surface area contributed by atoms with Crippen molar-refractivity contribution in [1.82, 2.24) is 4.72 Å². The van der Waals surface area contributed by atoms with E-state index in [1.807, 2.05) is 41.1 Å². The summed E-state index contributed by atoms with van der Waals surface area (Å²) in [6, 6.07) is 9.35. The van der Waals surface area contributed by atoms with Gasteiger partial charge in [-0.15, -0.1) is 0 Å². The maximum Gasteiger partial charge on any atom is 0.212 e. The fourth-order valence-electron chi connectivity index (χ4n) is 1.70. The summed E-state index contributed by atoms with van der Waals surface area (Å²) >= 11 is 1.56. The molecule has 0 aliphatic heterocycles. The van der Waals surface area contributed by atoms with Gasteiger partial charge in [-0.25, -0.2) is 13.1 Å². The molecule has 1 heterocycles. The highest BCUT2D eigenvalue weighted by Gasteiger charge is 2.10. The van der Waals surface area contributed by atoms with Crippen LogP contribution in [-0.2, 0) is 23.0 Å². The lowest BCUT2D eigenvalue weighted by Crippen LogP contribution is -2.26. The molecule has 1 aromatic carbocycles. The standard InChI is InChI=1S/C14H17NO3S2/c1-18-14-4-2-12(3-5-14)7-9-20(16,17)15-10-13-6-8-19-11-13/h2-6,8,11,15H,7,9-10H2,1H3. The van der Waals surface area contributed by atoms with Gasteiger partial charge >= 0.3 is 0 Å². The van der Waals surface area contributed by atoms with Crippen molar-refractivity contribution in [3.8, 4) is 5.75 Å². The van der Waals surface area contributed by atoms with Crippen LogP contribution in [0.5, 0.6) is 5.75 Å². The first-order valence-corrected chi connectivity index (χ1v) is 8.80. The van der Waals surface area contributed by atoms with Gasteiger partial charge in [0.15, 0.2) is 0 Å². The Labute approximate surface area is 123 Å². The summed E-state index contributed by atoms with van der Waals surface area (Å²) in [5.41, 5.74) is 1.97. The zero-order valence-electron chi connectivity index (χ0n) is 11.2.